The molecule has 11 heavy (non-hydrogen) atoms. The summed E-state index contributed by atoms with van der Waals surface area (Å²) in [5.74, 6) is 0. The molecule has 0 radical (unpaired) electrons. The van der Waals surface area contributed by atoms with Gasteiger partial charge in [-0.25, -0.2) is 0 Å². The maximum atomic E-state index is 11.6. The summed E-state index contributed by atoms with van der Waals surface area (Å²) >= 11 is -2.02. The standard InChI is InChI=1S/C3H8O3P.3CH3.Sn/c1-5-7(3,4)6-2;;;;/h3H2,1-2H3;3*1H3;. The Morgan fingerprint density at radius 1 is 1.18 bits per heavy atom. The summed E-state index contributed by atoms with van der Waals surface area (Å²) in [4.78, 5) is 6.62. The summed E-state index contributed by atoms with van der Waals surface area (Å²) in [6.45, 7) is 0. The van der Waals surface area contributed by atoms with Gasteiger partial charge in [-0.2, -0.15) is 0 Å². The Bertz CT molecular complexity index is 156. The van der Waals surface area contributed by atoms with Gasteiger partial charge >= 0.3 is 72.8 Å². The van der Waals surface area contributed by atoms with Gasteiger partial charge in [-0.3, -0.25) is 0 Å². The zero-order valence-corrected chi connectivity index (χ0v) is 11.6. The SMILES string of the molecule is COP(=O)([CH2][Sn]([CH3])([CH3])[CH3])OC. The quantitative estimate of drug-likeness (QED) is 0.588. The second kappa shape index (κ2) is 4.26. The molecule has 68 valence electrons. The van der Waals surface area contributed by atoms with E-state index in [4.69, 9.17) is 9.05 Å². The van der Waals surface area contributed by atoms with E-state index in [-0.39, 0.29) is 0 Å². The Labute approximate surface area is 72.9 Å². The minimum atomic E-state index is -2.71. The van der Waals surface area contributed by atoms with Crippen molar-refractivity contribution in [3.05, 3.63) is 0 Å². The first-order valence-corrected chi connectivity index (χ1v) is 15.8. The van der Waals surface area contributed by atoms with E-state index < -0.39 is 26.0 Å². The van der Waals surface area contributed by atoms with Gasteiger partial charge in [-0.15, -0.1) is 0 Å². The molecule has 0 saturated carbocycles. The van der Waals surface area contributed by atoms with E-state index in [1.807, 2.05) is 0 Å². The molecule has 5 heteroatoms. The summed E-state index contributed by atoms with van der Waals surface area (Å²) in [7, 11) is 0.183. The third-order valence-electron chi connectivity index (χ3n) is 1.22. The van der Waals surface area contributed by atoms with Crippen LogP contribution in [0.25, 0.3) is 0 Å². The third-order valence-corrected chi connectivity index (χ3v) is 15.1. The zero-order chi connectivity index (χ0) is 9.12. The van der Waals surface area contributed by atoms with Crippen molar-refractivity contribution in [2.24, 2.45) is 0 Å². The van der Waals surface area contributed by atoms with Crippen LogP contribution < -0.4 is 0 Å². The number of hydrogen-bond acceptors (Lipinski definition) is 3. The molecule has 0 aliphatic carbocycles. The fourth-order valence-corrected chi connectivity index (χ4v) is 14.5. The normalized spacial score (nSPS) is 13.5. The first kappa shape index (κ1) is 11.9. The van der Waals surface area contributed by atoms with Crippen LogP contribution >= 0.6 is 7.60 Å². The topological polar surface area (TPSA) is 35.5 Å². The molecule has 0 bridgehead atoms. The van der Waals surface area contributed by atoms with Crippen molar-refractivity contribution in [3.8, 4) is 0 Å². The monoisotopic (exact) mass is 288 g/mol. The summed E-state index contributed by atoms with van der Waals surface area (Å²) in [6.07, 6.45) is 0. The van der Waals surface area contributed by atoms with E-state index in [2.05, 4.69) is 14.8 Å². The molecular formula is C6H17O3PSn. The van der Waals surface area contributed by atoms with Gasteiger partial charge in [-0.1, -0.05) is 0 Å². The molecule has 0 rings (SSSR count). The van der Waals surface area contributed by atoms with Crippen LogP contribution in [0.5, 0.6) is 0 Å². The predicted molar refractivity (Wildman–Crippen MR) is 49.8 cm³/mol. The Morgan fingerprint density at radius 3 is 1.64 bits per heavy atom. The molecule has 0 aliphatic heterocycles. The first-order valence-electron chi connectivity index (χ1n) is 3.53. The molecule has 0 aromatic rings. The number of rotatable bonds is 4. The van der Waals surface area contributed by atoms with E-state index in [1.165, 1.54) is 14.2 Å². The van der Waals surface area contributed by atoms with E-state index in [0.29, 0.717) is 4.18 Å². The van der Waals surface area contributed by atoms with Crippen molar-refractivity contribution >= 4 is 26.0 Å². The van der Waals surface area contributed by atoms with Gasteiger partial charge in [0.25, 0.3) is 0 Å². The molecule has 0 fully saturated rings. The first-order chi connectivity index (χ1) is 4.83. The molecule has 0 amide bonds. The van der Waals surface area contributed by atoms with E-state index >= 15 is 0 Å². The van der Waals surface area contributed by atoms with Crippen LogP contribution in [0.15, 0.2) is 0 Å². The van der Waals surface area contributed by atoms with Crippen LogP contribution in [0.2, 0.25) is 14.8 Å². The molecule has 3 nitrogen and oxygen atoms in total. The molecule has 0 aromatic heterocycles. The van der Waals surface area contributed by atoms with Gasteiger partial charge in [0.1, 0.15) is 0 Å². The van der Waals surface area contributed by atoms with Gasteiger partial charge in [-0.05, 0) is 0 Å². The average Bonchev–Trinajstić information content (AvgIpc) is 1.84. The second-order valence-electron chi connectivity index (χ2n) is 3.69. The molecule has 0 spiro atoms. The van der Waals surface area contributed by atoms with Gasteiger partial charge in [0.2, 0.25) is 0 Å². The Hall–Kier alpha value is 0.949. The van der Waals surface area contributed by atoms with Gasteiger partial charge < -0.3 is 0 Å². The maximum absolute atomic E-state index is 11.6. The molecule has 0 heterocycles. The van der Waals surface area contributed by atoms with E-state index in [9.17, 15) is 4.57 Å². The summed E-state index contributed by atoms with van der Waals surface area (Å²) < 4.78 is 21.9. The van der Waals surface area contributed by atoms with Gasteiger partial charge in [0.15, 0.2) is 0 Å². The Morgan fingerprint density at radius 2 is 1.55 bits per heavy atom. The molecule has 0 atom stereocenters. The second-order valence-corrected chi connectivity index (χ2v) is 23.3. The van der Waals surface area contributed by atoms with Crippen LogP contribution in [-0.2, 0) is 13.6 Å². The molecule has 0 aromatic carbocycles. The fourth-order valence-electron chi connectivity index (χ4n) is 0.785. The summed E-state index contributed by atoms with van der Waals surface area (Å²) in [5, 5.41) is 0. The van der Waals surface area contributed by atoms with Gasteiger partial charge in [0.05, 0.1) is 0 Å². The molecule has 0 aliphatic rings. The van der Waals surface area contributed by atoms with Crippen LogP contribution in [0.4, 0.5) is 0 Å². The molecular weight excluding hydrogens is 270 g/mol. The van der Waals surface area contributed by atoms with Crippen LogP contribution in [0.3, 0.4) is 0 Å². The van der Waals surface area contributed by atoms with Crippen molar-refractivity contribution in [1.82, 2.24) is 0 Å². The van der Waals surface area contributed by atoms with Crippen LogP contribution in [0, 0.1) is 0 Å². The van der Waals surface area contributed by atoms with Crippen molar-refractivity contribution in [3.63, 3.8) is 0 Å². The minimum absolute atomic E-state index is 0.661. The van der Waals surface area contributed by atoms with Crippen LogP contribution in [-0.4, -0.2) is 36.8 Å². The third kappa shape index (κ3) is 5.23. The molecule has 0 N–H and O–H groups in total. The summed E-state index contributed by atoms with van der Waals surface area (Å²) in [6, 6.07) is 0. The zero-order valence-electron chi connectivity index (χ0n) is 7.88. The molecule has 0 saturated heterocycles. The van der Waals surface area contributed by atoms with Gasteiger partial charge in [0, 0.05) is 0 Å². The fraction of sp³-hybridized carbons (Fsp3) is 1.00. The van der Waals surface area contributed by atoms with E-state index in [1.54, 1.807) is 0 Å². The van der Waals surface area contributed by atoms with Crippen molar-refractivity contribution < 1.29 is 13.6 Å². The van der Waals surface area contributed by atoms with Crippen molar-refractivity contribution in [2.75, 3.05) is 18.4 Å². The molecule has 0 unspecified atom stereocenters. The Kier molecular flexibility index (Phi) is 4.63. The average molecular weight is 287 g/mol. The summed E-state index contributed by atoms with van der Waals surface area (Å²) in [5.41, 5.74) is 0. The predicted octanol–water partition coefficient (Wildman–Crippen LogP) is 2.35. The van der Waals surface area contributed by atoms with Crippen molar-refractivity contribution in [1.29, 1.82) is 0 Å². The van der Waals surface area contributed by atoms with Crippen molar-refractivity contribution in [2.45, 2.75) is 14.8 Å². The van der Waals surface area contributed by atoms with E-state index in [0.717, 1.165) is 0 Å². The van der Waals surface area contributed by atoms with Crippen LogP contribution in [0.1, 0.15) is 0 Å². The Balaban J connectivity index is 4.21. The number of hydrogen-bond donors (Lipinski definition) is 0.